The molecule has 0 saturated heterocycles. The summed E-state index contributed by atoms with van der Waals surface area (Å²) in [5.74, 6) is 0.505. The van der Waals surface area contributed by atoms with E-state index in [1.165, 1.54) is 22.8 Å². The van der Waals surface area contributed by atoms with Gasteiger partial charge in [0.15, 0.2) is 0 Å². The Morgan fingerprint density at radius 1 is 1.37 bits per heavy atom. The van der Waals surface area contributed by atoms with Crippen molar-refractivity contribution in [1.29, 1.82) is 0 Å². The largest absolute Gasteiger partial charge is 0.405 e. The maximum Gasteiger partial charge on any atom is 0.405 e. The Kier molecular flexibility index (Phi) is 3.21. The SMILES string of the molecule is Cc1nc2cc(NCC(F)(F)F)ccc2c(=O)n1C. The van der Waals surface area contributed by atoms with E-state index in [1.807, 2.05) is 0 Å². The Morgan fingerprint density at radius 2 is 2.05 bits per heavy atom. The van der Waals surface area contributed by atoms with Gasteiger partial charge in [-0.15, -0.1) is 0 Å². The van der Waals surface area contributed by atoms with Crippen molar-refractivity contribution in [3.05, 3.63) is 34.4 Å². The Hall–Kier alpha value is -2.05. The fraction of sp³-hybridized carbons (Fsp3) is 0.333. The third-order valence-corrected chi connectivity index (χ3v) is 2.79. The van der Waals surface area contributed by atoms with Gasteiger partial charge in [-0.3, -0.25) is 9.36 Å². The number of anilines is 1. The highest BCUT2D eigenvalue weighted by atomic mass is 19.4. The molecule has 1 aromatic carbocycles. The molecule has 0 unspecified atom stereocenters. The number of hydrogen-bond donors (Lipinski definition) is 1. The monoisotopic (exact) mass is 271 g/mol. The summed E-state index contributed by atoms with van der Waals surface area (Å²) in [4.78, 5) is 16.1. The van der Waals surface area contributed by atoms with Crippen LogP contribution in [0.2, 0.25) is 0 Å². The number of halogens is 3. The quantitative estimate of drug-likeness (QED) is 0.911. The molecule has 0 aliphatic heterocycles. The fourth-order valence-electron chi connectivity index (χ4n) is 1.69. The molecular formula is C12H12F3N3O. The highest BCUT2D eigenvalue weighted by Crippen LogP contribution is 2.19. The summed E-state index contributed by atoms with van der Waals surface area (Å²) in [5, 5.41) is 2.64. The number of fused-ring (bicyclic) bond motifs is 1. The zero-order valence-electron chi connectivity index (χ0n) is 10.4. The molecule has 4 nitrogen and oxygen atoms in total. The highest BCUT2D eigenvalue weighted by molar-refractivity contribution is 5.81. The molecule has 0 aliphatic rings. The molecule has 2 rings (SSSR count). The van der Waals surface area contributed by atoms with Gasteiger partial charge in [-0.25, -0.2) is 4.98 Å². The van der Waals surface area contributed by atoms with Gasteiger partial charge in [0.2, 0.25) is 0 Å². The minimum atomic E-state index is -4.29. The number of alkyl halides is 3. The number of nitrogens with zero attached hydrogens (tertiary/aromatic N) is 2. The number of aromatic nitrogens is 2. The van der Waals surface area contributed by atoms with Crippen LogP contribution in [-0.2, 0) is 7.05 Å². The van der Waals surface area contributed by atoms with E-state index in [9.17, 15) is 18.0 Å². The van der Waals surface area contributed by atoms with Crippen molar-refractivity contribution < 1.29 is 13.2 Å². The van der Waals surface area contributed by atoms with Crippen LogP contribution >= 0.6 is 0 Å². The van der Waals surface area contributed by atoms with Crippen LogP contribution in [0.1, 0.15) is 5.82 Å². The first-order valence-corrected chi connectivity index (χ1v) is 5.56. The topological polar surface area (TPSA) is 46.9 Å². The number of hydrogen-bond acceptors (Lipinski definition) is 3. The highest BCUT2D eigenvalue weighted by Gasteiger charge is 2.26. The van der Waals surface area contributed by atoms with Crippen molar-refractivity contribution in [3.63, 3.8) is 0 Å². The lowest BCUT2D eigenvalue weighted by Gasteiger charge is -2.10. The van der Waals surface area contributed by atoms with Crippen LogP contribution in [-0.4, -0.2) is 22.3 Å². The van der Waals surface area contributed by atoms with Crippen molar-refractivity contribution in [2.45, 2.75) is 13.1 Å². The molecule has 102 valence electrons. The average molecular weight is 271 g/mol. The van der Waals surface area contributed by atoms with Crippen LogP contribution in [0, 0.1) is 6.92 Å². The van der Waals surface area contributed by atoms with Gasteiger partial charge >= 0.3 is 6.18 Å². The molecule has 0 atom stereocenters. The van der Waals surface area contributed by atoms with Crippen molar-refractivity contribution in [2.24, 2.45) is 7.05 Å². The molecular weight excluding hydrogens is 259 g/mol. The van der Waals surface area contributed by atoms with Crippen LogP contribution in [0.3, 0.4) is 0 Å². The van der Waals surface area contributed by atoms with E-state index in [2.05, 4.69) is 10.3 Å². The van der Waals surface area contributed by atoms with Gasteiger partial charge in [-0.2, -0.15) is 13.2 Å². The predicted octanol–water partition coefficient (Wildman–Crippen LogP) is 2.22. The Bertz CT molecular complexity index is 676. The molecule has 19 heavy (non-hydrogen) atoms. The molecule has 1 aromatic heterocycles. The van der Waals surface area contributed by atoms with Crippen LogP contribution < -0.4 is 10.9 Å². The maximum atomic E-state index is 12.1. The van der Waals surface area contributed by atoms with Gasteiger partial charge < -0.3 is 5.32 Å². The van der Waals surface area contributed by atoms with Gasteiger partial charge in [0.05, 0.1) is 10.9 Å². The molecule has 0 amide bonds. The Balaban J connectivity index is 2.42. The number of nitrogens with one attached hydrogen (secondary N) is 1. The minimum absolute atomic E-state index is 0.218. The van der Waals surface area contributed by atoms with Gasteiger partial charge in [-0.05, 0) is 25.1 Å². The van der Waals surface area contributed by atoms with E-state index in [0.717, 1.165) is 0 Å². The van der Waals surface area contributed by atoms with E-state index < -0.39 is 12.7 Å². The predicted molar refractivity (Wildman–Crippen MR) is 66.3 cm³/mol. The standard InChI is InChI=1S/C12H12F3N3O/c1-7-17-10-5-8(16-6-12(13,14)15)3-4-9(10)11(19)18(7)2/h3-5,16H,6H2,1-2H3. The van der Waals surface area contributed by atoms with Crippen LogP contribution in [0.15, 0.2) is 23.0 Å². The second kappa shape index (κ2) is 4.56. The summed E-state index contributed by atoms with van der Waals surface area (Å²) in [7, 11) is 1.60. The first-order chi connectivity index (χ1) is 8.78. The van der Waals surface area contributed by atoms with Crippen molar-refractivity contribution in [2.75, 3.05) is 11.9 Å². The average Bonchev–Trinajstić information content (AvgIpc) is 2.32. The van der Waals surface area contributed by atoms with E-state index >= 15 is 0 Å². The first-order valence-electron chi connectivity index (χ1n) is 5.56. The molecule has 1 heterocycles. The smallest absolute Gasteiger partial charge is 0.376 e. The van der Waals surface area contributed by atoms with Crippen molar-refractivity contribution >= 4 is 16.6 Å². The first kappa shape index (κ1) is 13.4. The van der Waals surface area contributed by atoms with Crippen molar-refractivity contribution in [1.82, 2.24) is 9.55 Å². The lowest BCUT2D eigenvalue weighted by molar-refractivity contribution is -0.115. The zero-order valence-corrected chi connectivity index (χ0v) is 10.4. The lowest BCUT2D eigenvalue weighted by Crippen LogP contribution is -2.22. The third kappa shape index (κ3) is 2.86. The van der Waals surface area contributed by atoms with E-state index in [-0.39, 0.29) is 11.2 Å². The Labute approximate surface area is 106 Å². The molecule has 0 spiro atoms. The van der Waals surface area contributed by atoms with E-state index in [0.29, 0.717) is 16.7 Å². The molecule has 2 aromatic rings. The molecule has 0 bridgehead atoms. The molecule has 1 N–H and O–H groups in total. The summed E-state index contributed by atoms with van der Waals surface area (Å²) in [6, 6.07) is 4.35. The number of aryl methyl sites for hydroxylation is 1. The second-order valence-corrected chi connectivity index (χ2v) is 4.22. The minimum Gasteiger partial charge on any atom is -0.376 e. The maximum absolute atomic E-state index is 12.1. The number of rotatable bonds is 2. The van der Waals surface area contributed by atoms with Gasteiger partial charge in [0.1, 0.15) is 12.4 Å². The van der Waals surface area contributed by atoms with Gasteiger partial charge in [-0.1, -0.05) is 0 Å². The molecule has 0 radical (unpaired) electrons. The lowest BCUT2D eigenvalue weighted by atomic mass is 10.2. The summed E-state index contributed by atoms with van der Waals surface area (Å²) in [5.41, 5.74) is 0.447. The second-order valence-electron chi connectivity index (χ2n) is 4.22. The summed E-state index contributed by atoms with van der Waals surface area (Å²) in [6.45, 7) is 0.541. The van der Waals surface area contributed by atoms with Gasteiger partial charge in [0.25, 0.3) is 5.56 Å². The van der Waals surface area contributed by atoms with E-state index in [4.69, 9.17) is 0 Å². The zero-order chi connectivity index (χ0) is 14.2. The van der Waals surface area contributed by atoms with Crippen molar-refractivity contribution in [3.8, 4) is 0 Å². The molecule has 0 aliphatic carbocycles. The number of benzene rings is 1. The third-order valence-electron chi connectivity index (χ3n) is 2.79. The molecule has 7 heteroatoms. The fourth-order valence-corrected chi connectivity index (χ4v) is 1.69. The molecule has 0 fully saturated rings. The van der Waals surface area contributed by atoms with Crippen LogP contribution in [0.5, 0.6) is 0 Å². The van der Waals surface area contributed by atoms with Gasteiger partial charge in [0, 0.05) is 12.7 Å². The molecule has 0 saturated carbocycles. The summed E-state index contributed by atoms with van der Waals surface area (Å²) >= 11 is 0. The van der Waals surface area contributed by atoms with Crippen LogP contribution in [0.4, 0.5) is 18.9 Å². The van der Waals surface area contributed by atoms with Crippen LogP contribution in [0.25, 0.3) is 10.9 Å². The normalized spacial score (nSPS) is 11.8. The summed E-state index contributed by atoms with van der Waals surface area (Å²) in [6.07, 6.45) is -4.29. The Morgan fingerprint density at radius 3 is 2.68 bits per heavy atom. The van der Waals surface area contributed by atoms with E-state index in [1.54, 1.807) is 14.0 Å². The summed E-state index contributed by atoms with van der Waals surface area (Å²) < 4.78 is 37.7.